The van der Waals surface area contributed by atoms with Crippen molar-refractivity contribution in [2.45, 2.75) is 13.8 Å². The van der Waals surface area contributed by atoms with Gasteiger partial charge in [0.25, 0.3) is 5.95 Å². The summed E-state index contributed by atoms with van der Waals surface area (Å²) in [4.78, 5) is 10.6. The zero-order valence-electron chi connectivity index (χ0n) is 5.34. The first-order valence-corrected chi connectivity index (χ1v) is 2.74. The summed E-state index contributed by atoms with van der Waals surface area (Å²) in [6.45, 7) is 3.37. The van der Waals surface area contributed by atoms with Crippen LogP contribution in [0.1, 0.15) is 13.8 Å². The average molecular weight is 128 g/mol. The van der Waals surface area contributed by atoms with Crippen LogP contribution in [0.15, 0.2) is 11.5 Å². The second kappa shape index (κ2) is 1.76. The molecule has 0 aliphatic carbocycles. The minimum absolute atomic E-state index is 0.229. The van der Waals surface area contributed by atoms with Crippen LogP contribution in [0.25, 0.3) is 0 Å². The Morgan fingerprint density at radius 3 is 2.33 bits per heavy atom. The Balaban J connectivity index is 2.87. The van der Waals surface area contributed by atoms with Crippen LogP contribution in [0.3, 0.4) is 0 Å². The molecule has 1 rings (SSSR count). The highest BCUT2D eigenvalue weighted by Crippen LogP contribution is 2.23. The lowest BCUT2D eigenvalue weighted by Gasteiger charge is -1.93. The van der Waals surface area contributed by atoms with Crippen molar-refractivity contribution in [2.24, 2.45) is 5.92 Å². The van der Waals surface area contributed by atoms with Crippen molar-refractivity contribution < 1.29 is 14.6 Å². The number of hydrogen-bond acceptors (Lipinski definition) is 3. The highest BCUT2D eigenvalue weighted by atomic mass is 16.6. The number of carbonyl (C=O) groups is 1. The molecule has 3 nitrogen and oxygen atoms in total. The lowest BCUT2D eigenvalue weighted by atomic mass is 10.1. The van der Waals surface area contributed by atoms with Gasteiger partial charge in [-0.25, -0.2) is 0 Å². The van der Waals surface area contributed by atoms with E-state index in [0.29, 0.717) is 5.57 Å². The van der Waals surface area contributed by atoms with Gasteiger partial charge >= 0.3 is 5.97 Å². The predicted octanol–water partition coefficient (Wildman–Crippen LogP) is 0.969. The molecule has 0 amide bonds. The smallest absolute Gasteiger partial charge is 0.320 e. The van der Waals surface area contributed by atoms with Crippen molar-refractivity contribution in [1.82, 2.24) is 0 Å². The molecule has 0 aromatic rings. The van der Waals surface area contributed by atoms with Crippen LogP contribution in [-0.4, -0.2) is 11.1 Å². The van der Waals surface area contributed by atoms with Crippen molar-refractivity contribution in [1.29, 1.82) is 0 Å². The number of hydrogen-bond donors (Lipinski definition) is 1. The first-order chi connectivity index (χ1) is 4.13. The summed E-state index contributed by atoms with van der Waals surface area (Å²) < 4.78 is 4.38. The van der Waals surface area contributed by atoms with E-state index in [-0.39, 0.29) is 17.8 Å². The maximum atomic E-state index is 10.6. The first kappa shape index (κ1) is 6.13. The Morgan fingerprint density at radius 1 is 1.67 bits per heavy atom. The third-order valence-corrected chi connectivity index (χ3v) is 1.54. The molecule has 0 fully saturated rings. The Labute approximate surface area is 52.9 Å². The third-order valence-electron chi connectivity index (χ3n) is 1.54. The van der Waals surface area contributed by atoms with E-state index in [1.54, 1.807) is 13.8 Å². The van der Waals surface area contributed by atoms with E-state index in [1.807, 2.05) is 0 Å². The molecular weight excluding hydrogens is 120 g/mol. The summed E-state index contributed by atoms with van der Waals surface area (Å²) >= 11 is 0. The van der Waals surface area contributed by atoms with Gasteiger partial charge in [-0.2, -0.15) is 0 Å². The van der Waals surface area contributed by atoms with Crippen molar-refractivity contribution in [3.8, 4) is 0 Å². The minimum atomic E-state index is -0.370. The third kappa shape index (κ3) is 0.781. The van der Waals surface area contributed by atoms with Crippen LogP contribution in [0, 0.1) is 5.92 Å². The first-order valence-electron chi connectivity index (χ1n) is 2.74. The summed E-state index contributed by atoms with van der Waals surface area (Å²) in [6.07, 6.45) is 0. The van der Waals surface area contributed by atoms with Crippen LogP contribution < -0.4 is 0 Å². The molecule has 50 valence electrons. The number of rotatable bonds is 0. The molecule has 1 aliphatic rings. The van der Waals surface area contributed by atoms with E-state index < -0.39 is 0 Å². The summed E-state index contributed by atoms with van der Waals surface area (Å²) in [6, 6.07) is 0. The number of esters is 1. The van der Waals surface area contributed by atoms with Gasteiger partial charge in [0.05, 0.1) is 5.92 Å². The largest absolute Gasteiger partial charge is 0.481 e. The molecule has 3 heteroatoms. The summed E-state index contributed by atoms with van der Waals surface area (Å²) in [5.41, 5.74) is 0.611. The minimum Gasteiger partial charge on any atom is -0.481 e. The SMILES string of the molecule is CC1=C(O)OC(=O)C1C. The van der Waals surface area contributed by atoms with E-state index >= 15 is 0 Å². The van der Waals surface area contributed by atoms with Gasteiger partial charge in [-0.1, -0.05) is 0 Å². The molecule has 1 atom stereocenters. The lowest BCUT2D eigenvalue weighted by Crippen LogP contribution is -2.05. The molecule has 0 aromatic heterocycles. The monoisotopic (exact) mass is 128 g/mol. The van der Waals surface area contributed by atoms with Gasteiger partial charge in [0.1, 0.15) is 0 Å². The van der Waals surface area contributed by atoms with Gasteiger partial charge in [0.15, 0.2) is 0 Å². The molecule has 1 aliphatic heterocycles. The molecule has 1 N–H and O–H groups in total. The van der Waals surface area contributed by atoms with E-state index in [9.17, 15) is 4.79 Å². The summed E-state index contributed by atoms with van der Waals surface area (Å²) in [5.74, 6) is -0.873. The van der Waals surface area contributed by atoms with Crippen molar-refractivity contribution in [3.05, 3.63) is 11.5 Å². The van der Waals surface area contributed by atoms with Gasteiger partial charge in [-0.05, 0) is 13.8 Å². The van der Waals surface area contributed by atoms with Crippen LogP contribution in [-0.2, 0) is 9.53 Å². The quantitative estimate of drug-likeness (QED) is 0.494. The van der Waals surface area contributed by atoms with Gasteiger partial charge in [0.2, 0.25) is 0 Å². The highest BCUT2D eigenvalue weighted by Gasteiger charge is 2.28. The van der Waals surface area contributed by atoms with Gasteiger partial charge in [0, 0.05) is 5.57 Å². The van der Waals surface area contributed by atoms with Crippen molar-refractivity contribution in [3.63, 3.8) is 0 Å². The van der Waals surface area contributed by atoms with E-state index in [0.717, 1.165) is 0 Å². The van der Waals surface area contributed by atoms with E-state index in [1.165, 1.54) is 0 Å². The maximum Gasteiger partial charge on any atom is 0.320 e. The average Bonchev–Trinajstić information content (AvgIpc) is 1.98. The van der Waals surface area contributed by atoms with Gasteiger partial charge in [-0.3, -0.25) is 4.79 Å². The lowest BCUT2D eigenvalue weighted by molar-refractivity contribution is -0.142. The zero-order chi connectivity index (χ0) is 7.02. The molecule has 1 heterocycles. The van der Waals surface area contributed by atoms with Crippen LogP contribution in [0.4, 0.5) is 0 Å². The normalized spacial score (nSPS) is 26.9. The standard InChI is InChI=1S/C6H8O3/c1-3-4(2)6(8)9-5(3)7/h3,8H,1-2H3. The fourth-order valence-corrected chi connectivity index (χ4v) is 0.626. The molecule has 0 bridgehead atoms. The number of aliphatic hydroxyl groups is 1. The predicted molar refractivity (Wildman–Crippen MR) is 30.6 cm³/mol. The molecular formula is C6H8O3. The second-order valence-electron chi connectivity index (χ2n) is 2.13. The maximum absolute atomic E-state index is 10.6. The van der Waals surface area contributed by atoms with E-state index in [2.05, 4.69) is 4.74 Å². The topological polar surface area (TPSA) is 46.5 Å². The number of ether oxygens (including phenoxy) is 1. The summed E-state index contributed by atoms with van der Waals surface area (Å²) in [7, 11) is 0. The Kier molecular flexibility index (Phi) is 1.20. The number of cyclic esters (lactones) is 1. The van der Waals surface area contributed by atoms with Gasteiger partial charge in [-0.15, -0.1) is 0 Å². The van der Waals surface area contributed by atoms with E-state index in [4.69, 9.17) is 5.11 Å². The Bertz CT molecular complexity index is 181. The van der Waals surface area contributed by atoms with Gasteiger partial charge < -0.3 is 9.84 Å². The summed E-state index contributed by atoms with van der Waals surface area (Å²) in [5, 5.41) is 8.78. The second-order valence-corrected chi connectivity index (χ2v) is 2.13. The number of carbonyl (C=O) groups excluding carboxylic acids is 1. The fraction of sp³-hybridized carbons (Fsp3) is 0.500. The van der Waals surface area contributed by atoms with Crippen LogP contribution >= 0.6 is 0 Å². The molecule has 1 unspecified atom stereocenters. The highest BCUT2D eigenvalue weighted by molar-refractivity contribution is 5.78. The molecule has 0 saturated heterocycles. The zero-order valence-corrected chi connectivity index (χ0v) is 5.34. The Morgan fingerprint density at radius 2 is 2.22 bits per heavy atom. The Hall–Kier alpha value is -0.990. The number of aliphatic hydroxyl groups excluding tert-OH is 1. The molecule has 0 saturated carbocycles. The van der Waals surface area contributed by atoms with Crippen LogP contribution in [0.5, 0.6) is 0 Å². The fourth-order valence-electron chi connectivity index (χ4n) is 0.626. The van der Waals surface area contributed by atoms with Crippen molar-refractivity contribution >= 4 is 5.97 Å². The molecule has 9 heavy (non-hydrogen) atoms. The van der Waals surface area contributed by atoms with Crippen LogP contribution in [0.2, 0.25) is 0 Å². The van der Waals surface area contributed by atoms with Crippen molar-refractivity contribution in [2.75, 3.05) is 0 Å². The molecule has 0 spiro atoms. The molecule has 0 aromatic carbocycles. The molecule has 0 radical (unpaired) electrons.